The summed E-state index contributed by atoms with van der Waals surface area (Å²) < 4.78 is 10.3. The van der Waals surface area contributed by atoms with Crippen LogP contribution in [0.15, 0.2) is 48.5 Å². The minimum Gasteiger partial charge on any atom is -0.487 e. The molecule has 0 aromatic heterocycles. The largest absolute Gasteiger partial charge is 0.487 e. The summed E-state index contributed by atoms with van der Waals surface area (Å²) in [5.41, 5.74) is 0.712. The maximum Gasteiger partial charge on any atom is 0.339 e. The summed E-state index contributed by atoms with van der Waals surface area (Å²) in [6.45, 7) is 3.80. The van der Waals surface area contributed by atoms with Crippen LogP contribution in [0.3, 0.4) is 0 Å². The van der Waals surface area contributed by atoms with Crippen molar-refractivity contribution < 1.29 is 24.0 Å². The fraction of sp³-hybridized carbons (Fsp3) is 0.300. The third-order valence-electron chi connectivity index (χ3n) is 3.90. The summed E-state index contributed by atoms with van der Waals surface area (Å²) in [5.74, 6) is -1.20. The molecule has 1 atom stereocenters. The Kier molecular flexibility index (Phi) is 7.50. The zero-order chi connectivity index (χ0) is 20.5. The molecule has 2 rings (SSSR count). The van der Waals surface area contributed by atoms with Crippen LogP contribution in [0.4, 0.5) is 5.69 Å². The fourth-order valence-electron chi connectivity index (χ4n) is 2.47. The van der Waals surface area contributed by atoms with Crippen molar-refractivity contribution in [3.8, 4) is 5.75 Å². The molecule has 1 amide bonds. The number of nitrogens with zero attached hydrogens (tertiary/aromatic N) is 1. The van der Waals surface area contributed by atoms with Gasteiger partial charge >= 0.3 is 11.7 Å². The van der Waals surface area contributed by atoms with Crippen LogP contribution >= 0.6 is 0 Å². The zero-order valence-corrected chi connectivity index (χ0v) is 15.7. The molecule has 0 aliphatic heterocycles. The Morgan fingerprint density at radius 3 is 2.54 bits per heavy atom. The molecular formula is C20H22N2O6. The van der Waals surface area contributed by atoms with Crippen LogP contribution in [0, 0.1) is 10.1 Å². The smallest absolute Gasteiger partial charge is 0.339 e. The van der Waals surface area contributed by atoms with E-state index in [1.807, 2.05) is 30.3 Å². The molecule has 0 aliphatic carbocycles. The molecule has 0 spiro atoms. The molecule has 0 fully saturated rings. The Labute approximate surface area is 162 Å². The molecule has 8 nitrogen and oxygen atoms in total. The van der Waals surface area contributed by atoms with Crippen LogP contribution in [0.1, 0.15) is 29.8 Å². The topological polar surface area (TPSA) is 108 Å². The first-order valence-electron chi connectivity index (χ1n) is 8.86. The van der Waals surface area contributed by atoms with E-state index >= 15 is 0 Å². The first-order chi connectivity index (χ1) is 13.4. The van der Waals surface area contributed by atoms with Crippen LogP contribution in [0.5, 0.6) is 5.75 Å². The second-order valence-corrected chi connectivity index (χ2v) is 5.95. The average Bonchev–Trinajstić information content (AvgIpc) is 2.69. The number of amides is 1. The number of nitrogens with one attached hydrogen (secondary N) is 1. The lowest BCUT2D eigenvalue weighted by atomic mass is 10.1. The third kappa shape index (κ3) is 5.80. The van der Waals surface area contributed by atoms with Gasteiger partial charge in [0.05, 0.1) is 17.1 Å². The number of benzene rings is 2. The summed E-state index contributed by atoms with van der Waals surface area (Å²) in [6, 6.07) is 13.4. The predicted octanol–water partition coefficient (Wildman–Crippen LogP) is 2.90. The van der Waals surface area contributed by atoms with Gasteiger partial charge in [0.2, 0.25) is 0 Å². The lowest BCUT2D eigenvalue weighted by Crippen LogP contribution is -2.36. The standard InChI is InChI=1S/C20H22N2O6/c1-3-27-18-10-9-16(13-17(18)22(25)26)20(24)28-14(2)19(23)21-12-11-15-7-5-4-6-8-15/h4-10,13-14H,3,11-12H2,1-2H3,(H,21,23)/t14-/m0/s1. The van der Waals surface area contributed by atoms with Gasteiger partial charge in [-0.3, -0.25) is 14.9 Å². The van der Waals surface area contributed by atoms with Crippen molar-refractivity contribution >= 4 is 17.6 Å². The highest BCUT2D eigenvalue weighted by atomic mass is 16.6. The van der Waals surface area contributed by atoms with Crippen LogP contribution < -0.4 is 10.1 Å². The van der Waals surface area contributed by atoms with E-state index in [9.17, 15) is 19.7 Å². The maximum atomic E-state index is 12.2. The van der Waals surface area contributed by atoms with E-state index in [0.717, 1.165) is 11.6 Å². The van der Waals surface area contributed by atoms with Gasteiger partial charge in [-0.25, -0.2) is 4.79 Å². The van der Waals surface area contributed by atoms with E-state index in [4.69, 9.17) is 9.47 Å². The number of nitro benzene ring substituents is 1. The number of nitro groups is 1. The third-order valence-corrected chi connectivity index (χ3v) is 3.90. The Balaban J connectivity index is 1.92. The highest BCUT2D eigenvalue weighted by Gasteiger charge is 2.22. The van der Waals surface area contributed by atoms with Crippen molar-refractivity contribution in [3.63, 3.8) is 0 Å². The number of esters is 1. The minimum absolute atomic E-state index is 0.0286. The molecule has 2 aromatic carbocycles. The summed E-state index contributed by atoms with van der Waals surface area (Å²) in [6.07, 6.45) is -0.382. The van der Waals surface area contributed by atoms with Gasteiger partial charge in [0.25, 0.3) is 5.91 Å². The van der Waals surface area contributed by atoms with Gasteiger partial charge in [-0.15, -0.1) is 0 Å². The molecule has 8 heteroatoms. The van der Waals surface area contributed by atoms with E-state index in [0.29, 0.717) is 13.0 Å². The maximum absolute atomic E-state index is 12.2. The van der Waals surface area contributed by atoms with Crippen molar-refractivity contribution in [2.45, 2.75) is 26.4 Å². The first-order valence-corrected chi connectivity index (χ1v) is 8.86. The molecule has 0 radical (unpaired) electrons. The minimum atomic E-state index is -1.03. The van der Waals surface area contributed by atoms with E-state index in [-0.39, 0.29) is 23.6 Å². The predicted molar refractivity (Wildman–Crippen MR) is 102 cm³/mol. The first kappa shape index (κ1) is 20.9. The zero-order valence-electron chi connectivity index (χ0n) is 15.7. The molecule has 0 heterocycles. The lowest BCUT2D eigenvalue weighted by molar-refractivity contribution is -0.385. The fourth-order valence-corrected chi connectivity index (χ4v) is 2.47. The molecule has 28 heavy (non-hydrogen) atoms. The van der Waals surface area contributed by atoms with Gasteiger partial charge in [0, 0.05) is 12.6 Å². The van der Waals surface area contributed by atoms with Crippen LogP contribution in [-0.4, -0.2) is 36.1 Å². The van der Waals surface area contributed by atoms with Crippen LogP contribution in [0.2, 0.25) is 0 Å². The van der Waals surface area contributed by atoms with Gasteiger partial charge in [0.15, 0.2) is 11.9 Å². The van der Waals surface area contributed by atoms with Gasteiger partial charge in [-0.1, -0.05) is 30.3 Å². The van der Waals surface area contributed by atoms with E-state index in [2.05, 4.69) is 5.32 Å². The van der Waals surface area contributed by atoms with Gasteiger partial charge < -0.3 is 14.8 Å². The van der Waals surface area contributed by atoms with Crippen molar-refractivity contribution in [2.75, 3.05) is 13.2 Å². The van der Waals surface area contributed by atoms with E-state index < -0.39 is 22.9 Å². The number of carbonyl (C=O) groups excluding carboxylic acids is 2. The van der Waals surface area contributed by atoms with Crippen molar-refractivity contribution in [2.24, 2.45) is 0 Å². The van der Waals surface area contributed by atoms with Crippen LogP contribution in [0.25, 0.3) is 0 Å². The highest BCUT2D eigenvalue weighted by Crippen LogP contribution is 2.28. The molecule has 2 aromatic rings. The molecular weight excluding hydrogens is 364 g/mol. The van der Waals surface area contributed by atoms with E-state index in [1.165, 1.54) is 19.1 Å². The lowest BCUT2D eigenvalue weighted by Gasteiger charge is -2.14. The van der Waals surface area contributed by atoms with Gasteiger partial charge in [-0.2, -0.15) is 0 Å². The highest BCUT2D eigenvalue weighted by molar-refractivity contribution is 5.93. The number of ether oxygens (including phenoxy) is 2. The normalized spacial score (nSPS) is 11.4. The molecule has 0 bridgehead atoms. The van der Waals surface area contributed by atoms with Gasteiger partial charge in [-0.05, 0) is 38.0 Å². The molecule has 148 valence electrons. The van der Waals surface area contributed by atoms with Crippen molar-refractivity contribution in [3.05, 3.63) is 69.8 Å². The number of hydrogen-bond donors (Lipinski definition) is 1. The molecule has 0 unspecified atom stereocenters. The van der Waals surface area contributed by atoms with Crippen molar-refractivity contribution in [1.82, 2.24) is 5.32 Å². The Morgan fingerprint density at radius 1 is 1.18 bits per heavy atom. The molecule has 1 N–H and O–H groups in total. The molecule has 0 aliphatic rings. The summed E-state index contributed by atoms with van der Waals surface area (Å²) in [4.78, 5) is 34.8. The Bertz CT molecular complexity index is 838. The summed E-state index contributed by atoms with van der Waals surface area (Å²) >= 11 is 0. The number of hydrogen-bond acceptors (Lipinski definition) is 6. The SMILES string of the molecule is CCOc1ccc(C(=O)O[C@@H](C)C(=O)NCCc2ccccc2)cc1[N+](=O)[O-]. The second kappa shape index (κ2) is 10.1. The monoisotopic (exact) mass is 386 g/mol. The molecule has 0 saturated carbocycles. The Hall–Kier alpha value is -3.42. The van der Waals surface area contributed by atoms with Crippen LogP contribution in [-0.2, 0) is 16.0 Å². The number of carbonyl (C=O) groups is 2. The second-order valence-electron chi connectivity index (χ2n) is 5.95. The van der Waals surface area contributed by atoms with Gasteiger partial charge in [0.1, 0.15) is 0 Å². The Morgan fingerprint density at radius 2 is 1.89 bits per heavy atom. The summed E-state index contributed by atoms with van der Waals surface area (Å²) in [5, 5.41) is 13.8. The quantitative estimate of drug-likeness (QED) is 0.403. The number of rotatable bonds is 9. The van der Waals surface area contributed by atoms with E-state index in [1.54, 1.807) is 6.92 Å². The average molecular weight is 386 g/mol. The summed E-state index contributed by atoms with van der Waals surface area (Å²) in [7, 11) is 0. The van der Waals surface area contributed by atoms with Crippen molar-refractivity contribution in [1.29, 1.82) is 0 Å². The molecule has 0 saturated heterocycles.